The van der Waals surface area contributed by atoms with Crippen LogP contribution in [-0.4, -0.2) is 145 Å². The number of aliphatic hydroxyl groups excluding tert-OH is 2. The minimum Gasteiger partial charge on any atom is -0.479 e. The van der Waals surface area contributed by atoms with Crippen LogP contribution >= 0.6 is 62.3 Å². The zero-order valence-corrected chi connectivity index (χ0v) is 39.6. The highest BCUT2D eigenvalue weighted by Gasteiger charge is 2.22. The van der Waals surface area contributed by atoms with E-state index in [2.05, 4.69) is 46.7 Å². The molecule has 2 atom stereocenters. The van der Waals surface area contributed by atoms with Gasteiger partial charge < -0.3 is 45.6 Å². The topological polar surface area (TPSA) is 345 Å². The van der Waals surface area contributed by atoms with Crippen molar-refractivity contribution in [3.8, 4) is 11.1 Å². The molecule has 11 N–H and O–H groups in total. The van der Waals surface area contributed by atoms with Crippen molar-refractivity contribution in [2.75, 3.05) is 20.2 Å². The molecule has 0 bridgehead atoms. The lowest BCUT2D eigenvalue weighted by Gasteiger charge is -2.24. The van der Waals surface area contributed by atoms with E-state index in [4.69, 9.17) is 82.9 Å². The zero-order valence-electron chi connectivity index (χ0n) is 35.0. The maximum atomic E-state index is 12.3. The first-order chi connectivity index (χ1) is 32.1. The zero-order chi connectivity index (χ0) is 50.7. The first kappa shape index (κ1) is 56.4. The first-order valence-electron chi connectivity index (χ1n) is 18.8. The van der Waals surface area contributed by atoms with Gasteiger partial charge in [-0.15, -0.1) is 10.2 Å². The second-order valence-electron chi connectivity index (χ2n) is 13.5. The summed E-state index contributed by atoms with van der Waals surface area (Å²) in [5.74, 6) is 1.62. The lowest BCUT2D eigenvalue weighted by molar-refractivity contribution is -0.151. The average Bonchev–Trinajstić information content (AvgIpc) is 3.95. The number of hydrogen-bond donors (Lipinski definition) is 10. The summed E-state index contributed by atoms with van der Waals surface area (Å²) in [6.45, 7) is 0.160. The van der Waals surface area contributed by atoms with Crippen molar-refractivity contribution in [2.45, 2.75) is 25.3 Å². The minimum atomic E-state index is -1.74. The summed E-state index contributed by atoms with van der Waals surface area (Å²) in [4.78, 5) is 45.0. The van der Waals surface area contributed by atoms with E-state index >= 15 is 0 Å². The number of methoxy groups -OCH3 is 1. The molecule has 362 valence electrons. The fraction of sp³-hybridized carbons (Fsp3) is 0.179. The summed E-state index contributed by atoms with van der Waals surface area (Å²) in [6, 6.07) is 24.4. The number of benzene rings is 4. The molecular formula is C39H40BBrCl4N10O13. The summed E-state index contributed by atoms with van der Waals surface area (Å²) < 4.78 is 5.39. The Bertz CT molecular complexity index is 2600. The Morgan fingerprint density at radius 1 is 0.765 bits per heavy atom. The highest BCUT2D eigenvalue weighted by atomic mass is 79.9. The molecule has 0 radical (unpaired) electrons. The Hall–Kier alpha value is -5.94. The van der Waals surface area contributed by atoms with E-state index in [0.29, 0.717) is 41.9 Å². The van der Waals surface area contributed by atoms with Crippen LogP contribution < -0.4 is 16.7 Å². The van der Waals surface area contributed by atoms with Gasteiger partial charge in [0, 0.05) is 48.7 Å². The van der Waals surface area contributed by atoms with Crippen LogP contribution in [0.25, 0.3) is 11.1 Å². The number of carbonyl (C=O) groups is 4. The van der Waals surface area contributed by atoms with E-state index in [1.165, 1.54) is 29.3 Å². The van der Waals surface area contributed by atoms with Crippen molar-refractivity contribution in [3.63, 3.8) is 0 Å². The van der Waals surface area contributed by atoms with Crippen LogP contribution in [0, 0.1) is 0 Å². The molecule has 0 aliphatic carbocycles. The fourth-order valence-corrected chi connectivity index (χ4v) is 6.17. The molecular weight excluding hydrogens is 1050 g/mol. The van der Waals surface area contributed by atoms with Crippen LogP contribution in [0.15, 0.2) is 102 Å². The number of nitrogens with one attached hydrogen (secondary N) is 1. The van der Waals surface area contributed by atoms with Crippen LogP contribution in [0.2, 0.25) is 20.1 Å². The van der Waals surface area contributed by atoms with E-state index in [9.17, 15) is 29.4 Å². The van der Waals surface area contributed by atoms with Crippen molar-refractivity contribution in [1.82, 2.24) is 45.8 Å². The van der Waals surface area contributed by atoms with Crippen molar-refractivity contribution < 1.29 is 64.8 Å². The molecule has 0 spiro atoms. The second kappa shape index (κ2) is 27.8. The van der Waals surface area contributed by atoms with Gasteiger partial charge in [-0.05, 0) is 75.6 Å². The number of amides is 1. The van der Waals surface area contributed by atoms with Gasteiger partial charge in [0.1, 0.15) is 6.20 Å². The predicted octanol–water partition coefficient (Wildman–Crippen LogP) is 2.63. The third-order valence-electron chi connectivity index (χ3n) is 8.34. The lowest BCUT2D eigenvalue weighted by atomic mass is 9.80. The predicted molar refractivity (Wildman–Crippen MR) is 248 cm³/mol. The van der Waals surface area contributed by atoms with Gasteiger partial charge in [-0.3, -0.25) is 16.1 Å². The number of hydrazine groups is 2. The van der Waals surface area contributed by atoms with Gasteiger partial charge in [0.15, 0.2) is 23.6 Å². The monoisotopic (exact) mass is 1090 g/mol. The summed E-state index contributed by atoms with van der Waals surface area (Å²) in [5, 5.41) is 88.5. The number of hydrogen-bond acceptors (Lipinski definition) is 18. The number of rotatable bonds is 15. The van der Waals surface area contributed by atoms with Crippen molar-refractivity contribution in [2.24, 2.45) is 5.84 Å². The summed E-state index contributed by atoms with van der Waals surface area (Å²) >= 11 is 26.8. The Morgan fingerprint density at radius 2 is 1.29 bits per heavy atom. The molecule has 1 amide bonds. The van der Waals surface area contributed by atoms with Gasteiger partial charge in [0.2, 0.25) is 0 Å². The van der Waals surface area contributed by atoms with E-state index in [-0.39, 0.29) is 29.9 Å². The smallest absolute Gasteiger partial charge is 0.479 e. The molecule has 23 nitrogen and oxygen atoms in total. The molecule has 0 saturated heterocycles. The molecule has 29 heteroatoms. The normalized spacial score (nSPS) is 11.4. The number of nitrogens with zero attached hydrogens (tertiary/aromatic N) is 8. The SMILES string of the molecule is COC(=O)[C@H](O)CN(N)Cc1ccc(Br)cc1.O=C(NN(Cc1ccc(-c2cc(Cl)ccc2Cl)cc1)C[C@@H](O)C(=O)O)c1cn(O)nn1.O=C(O)c1cn(O)nn1.OB(O)c1cc(Cl)ccc1Cl. The molecule has 2 aromatic heterocycles. The highest BCUT2D eigenvalue weighted by Crippen LogP contribution is 2.31. The van der Waals surface area contributed by atoms with Gasteiger partial charge in [-0.25, -0.2) is 24.4 Å². The molecule has 4 aromatic carbocycles. The average molecular weight is 1090 g/mol. The quantitative estimate of drug-likeness (QED) is 0.0232. The van der Waals surface area contributed by atoms with Crippen molar-refractivity contribution >= 4 is 98.7 Å². The van der Waals surface area contributed by atoms with Crippen molar-refractivity contribution in [3.05, 3.63) is 144 Å². The van der Waals surface area contributed by atoms with Gasteiger partial charge in [-0.1, -0.05) is 108 Å². The molecule has 6 rings (SSSR count). The Morgan fingerprint density at radius 3 is 1.78 bits per heavy atom. The first-order valence-corrected chi connectivity index (χ1v) is 21.2. The Labute approximate surface area is 414 Å². The molecule has 0 saturated carbocycles. The summed E-state index contributed by atoms with van der Waals surface area (Å²) in [5.41, 5.74) is 5.47. The number of ether oxygens (including phenoxy) is 1. The molecule has 0 unspecified atom stereocenters. The standard InChI is InChI=1S/C19H17Cl2N5O5.C11H15BrN2O3.C6H5BCl2O2.C3H3N3O3/c20-13-5-6-15(21)14(7-13)12-3-1-11(2-4-12)8-25(10-17(27)19(29)30)23-18(28)16-9-26(31)24-22-16;1-17-11(16)10(15)7-14(13)6-8-2-4-9(12)5-3-8;8-4-1-2-6(9)5(3-4)7(10)11;7-3(8)2-1-6(9)5-4-2/h1-7,9,17,27,31H,8,10H2,(H,23,28)(H,29,30);2-5,10,15H,6-7,13H2,1H3;1-3,10-11H;1,9H,(H,7,8)/t17-;10-;;/m11../s1. The maximum absolute atomic E-state index is 12.3. The fourth-order valence-electron chi connectivity index (χ4n) is 5.11. The number of carbonyl (C=O) groups excluding carboxylic acids is 2. The molecule has 68 heavy (non-hydrogen) atoms. The van der Waals surface area contributed by atoms with Gasteiger partial charge >= 0.3 is 25.0 Å². The number of aromatic nitrogens is 6. The number of aliphatic carboxylic acids is 1. The van der Waals surface area contributed by atoms with Gasteiger partial charge in [0.05, 0.1) is 26.4 Å². The van der Waals surface area contributed by atoms with Crippen LogP contribution in [0.4, 0.5) is 0 Å². The molecule has 6 aromatic rings. The molecule has 0 aliphatic rings. The van der Waals surface area contributed by atoms with Gasteiger partial charge in [0.25, 0.3) is 5.91 Å². The number of nitrogens with two attached hydrogens (primary N) is 1. The lowest BCUT2D eigenvalue weighted by Crippen LogP contribution is -2.47. The molecule has 0 fully saturated rings. The van der Waals surface area contributed by atoms with Crippen LogP contribution in [0.3, 0.4) is 0 Å². The number of halogens is 5. The van der Waals surface area contributed by atoms with Gasteiger partial charge in [-0.2, -0.15) is 0 Å². The van der Waals surface area contributed by atoms with Crippen LogP contribution in [-0.2, 0) is 27.4 Å². The second-order valence-corrected chi connectivity index (χ2v) is 16.1. The Kier molecular flexibility index (Phi) is 23.0. The van der Waals surface area contributed by atoms with Crippen molar-refractivity contribution in [1.29, 1.82) is 0 Å². The van der Waals surface area contributed by atoms with Crippen LogP contribution in [0.5, 0.6) is 0 Å². The highest BCUT2D eigenvalue weighted by molar-refractivity contribution is 9.10. The number of esters is 1. The minimum absolute atomic E-state index is 0.0305. The molecule has 2 heterocycles. The summed E-state index contributed by atoms with van der Waals surface area (Å²) in [6.07, 6.45) is -1.09. The van der Waals surface area contributed by atoms with E-state index < -0.39 is 49.7 Å². The number of carboxylic acid groups (broad SMARTS) is 2. The van der Waals surface area contributed by atoms with E-state index in [1.54, 1.807) is 48.5 Å². The van der Waals surface area contributed by atoms with E-state index in [1.807, 2.05) is 24.3 Å². The third kappa shape index (κ3) is 19.3. The Balaban J connectivity index is 0.000000275. The third-order valence-corrected chi connectivity index (χ3v) is 10.0. The number of aromatic carboxylic acids is 1. The van der Waals surface area contributed by atoms with Crippen LogP contribution in [0.1, 0.15) is 32.1 Å². The largest absolute Gasteiger partial charge is 0.490 e. The summed E-state index contributed by atoms with van der Waals surface area (Å²) in [7, 11) is -0.345. The van der Waals surface area contributed by atoms with E-state index in [0.717, 1.165) is 33.6 Å². The number of carboxylic acids is 2. The maximum Gasteiger partial charge on any atom is 0.490 e. The number of aliphatic hydroxyl groups is 2. The molecule has 0 aliphatic heterocycles.